The third kappa shape index (κ3) is 4.98. The average molecular weight is 455 g/mol. The number of benzene rings is 2. The van der Waals surface area contributed by atoms with Gasteiger partial charge >= 0.3 is 0 Å². The third-order valence-electron chi connectivity index (χ3n) is 6.55. The molecule has 176 valence electrons. The minimum atomic E-state index is -0.823. The second kappa shape index (κ2) is 10.3. The molecule has 2 heterocycles. The van der Waals surface area contributed by atoms with Crippen molar-refractivity contribution < 1.29 is 27.0 Å². The molecule has 2 aromatic rings. The highest BCUT2D eigenvalue weighted by atomic mass is 19.2. The zero-order valence-electron chi connectivity index (χ0n) is 18.7. The van der Waals surface area contributed by atoms with E-state index in [-0.39, 0.29) is 0 Å². The molecular weight excluding hydrogens is 424 g/mol. The molecule has 0 radical (unpaired) electrons. The first-order valence-corrected chi connectivity index (χ1v) is 10.7. The lowest BCUT2D eigenvalue weighted by atomic mass is 9.92. The fourth-order valence-corrected chi connectivity index (χ4v) is 4.41. The van der Waals surface area contributed by atoms with Crippen molar-refractivity contribution in [3.8, 4) is 0 Å². The number of likely N-dealkylation sites (N-methyl/N-ethyl adjacent to an activating group) is 1. The Morgan fingerprint density at radius 3 is 1.81 bits per heavy atom. The Morgan fingerprint density at radius 2 is 1.41 bits per heavy atom. The Bertz CT molecular complexity index is 921. The molecule has 0 aromatic heterocycles. The molecule has 2 atom stereocenters. The molecule has 2 aromatic carbocycles. The second-order valence-corrected chi connectivity index (χ2v) is 8.20. The number of nitrogens with one attached hydrogen (secondary N) is 1. The van der Waals surface area contributed by atoms with E-state index < -0.39 is 34.5 Å². The Labute approximate surface area is 186 Å². The van der Waals surface area contributed by atoms with Gasteiger partial charge in [0.2, 0.25) is 0 Å². The Hall–Kier alpha value is -2.00. The van der Waals surface area contributed by atoms with E-state index in [2.05, 4.69) is 17.1 Å². The summed E-state index contributed by atoms with van der Waals surface area (Å²) < 4.78 is 63.1. The summed E-state index contributed by atoms with van der Waals surface area (Å²) in [5.41, 5.74) is 0.405. The van der Waals surface area contributed by atoms with Crippen LogP contribution in [0.2, 0.25) is 0 Å². The average Bonchev–Trinajstić information content (AvgIpc) is 3.46. The van der Waals surface area contributed by atoms with Gasteiger partial charge in [-0.05, 0) is 61.3 Å². The molecule has 2 unspecified atom stereocenters. The molecule has 0 spiro atoms. The van der Waals surface area contributed by atoms with Crippen molar-refractivity contribution >= 4 is 0 Å². The van der Waals surface area contributed by atoms with Crippen LogP contribution in [0.4, 0.5) is 17.6 Å². The number of methoxy groups -OCH3 is 2. The van der Waals surface area contributed by atoms with Gasteiger partial charge in [-0.2, -0.15) is 0 Å². The zero-order chi connectivity index (χ0) is 23.4. The number of likely N-dealkylation sites (tertiary alicyclic amines) is 1. The molecule has 2 saturated heterocycles. The van der Waals surface area contributed by atoms with Gasteiger partial charge < -0.3 is 19.7 Å². The number of hydrogen-bond acceptors (Lipinski definition) is 4. The first kappa shape index (κ1) is 24.6. The van der Waals surface area contributed by atoms with Crippen LogP contribution in [0.15, 0.2) is 36.4 Å². The lowest BCUT2D eigenvalue weighted by Gasteiger charge is -2.28. The molecule has 1 N–H and O–H groups in total. The van der Waals surface area contributed by atoms with Crippen molar-refractivity contribution in [2.75, 3.05) is 46.9 Å². The van der Waals surface area contributed by atoms with Gasteiger partial charge in [-0.1, -0.05) is 19.1 Å². The van der Waals surface area contributed by atoms with E-state index in [0.717, 1.165) is 50.7 Å². The van der Waals surface area contributed by atoms with E-state index in [1.165, 1.54) is 18.2 Å². The Morgan fingerprint density at radius 1 is 0.844 bits per heavy atom. The van der Waals surface area contributed by atoms with Crippen LogP contribution in [0.3, 0.4) is 0 Å². The highest BCUT2D eigenvalue weighted by molar-refractivity contribution is 5.27. The maximum absolute atomic E-state index is 13.3. The van der Waals surface area contributed by atoms with Crippen LogP contribution in [0.5, 0.6) is 0 Å². The number of halogens is 4. The van der Waals surface area contributed by atoms with E-state index in [1.807, 2.05) is 0 Å². The highest BCUT2D eigenvalue weighted by Gasteiger charge is 2.39. The van der Waals surface area contributed by atoms with Crippen LogP contribution in [0.25, 0.3) is 0 Å². The minimum Gasteiger partial charge on any atom is -0.372 e. The number of rotatable bonds is 5. The summed E-state index contributed by atoms with van der Waals surface area (Å²) >= 11 is 0. The zero-order valence-corrected chi connectivity index (χ0v) is 18.7. The normalized spacial score (nSPS) is 25.6. The predicted molar refractivity (Wildman–Crippen MR) is 114 cm³/mol. The SMILES string of the molecule is CCN1CCC(OC)(c2ccc(F)c(F)c2)C1.COC1(c2ccc(F)c(F)c2)CCNC1. The fourth-order valence-electron chi connectivity index (χ4n) is 4.41. The topological polar surface area (TPSA) is 33.7 Å². The number of hydrogen-bond donors (Lipinski definition) is 1. The lowest BCUT2D eigenvalue weighted by Crippen LogP contribution is -2.33. The van der Waals surface area contributed by atoms with Gasteiger partial charge in [0.1, 0.15) is 11.2 Å². The molecule has 2 aliphatic heterocycles. The van der Waals surface area contributed by atoms with Gasteiger partial charge in [0.15, 0.2) is 23.3 Å². The summed E-state index contributed by atoms with van der Waals surface area (Å²) in [6.07, 6.45) is 1.58. The van der Waals surface area contributed by atoms with Crippen molar-refractivity contribution in [3.63, 3.8) is 0 Å². The smallest absolute Gasteiger partial charge is 0.159 e. The molecule has 0 saturated carbocycles. The van der Waals surface area contributed by atoms with Crippen molar-refractivity contribution in [1.82, 2.24) is 10.2 Å². The van der Waals surface area contributed by atoms with Gasteiger partial charge in [-0.15, -0.1) is 0 Å². The summed E-state index contributed by atoms with van der Waals surface area (Å²) in [6, 6.07) is 7.96. The molecule has 0 amide bonds. The maximum Gasteiger partial charge on any atom is 0.159 e. The van der Waals surface area contributed by atoms with Crippen molar-refractivity contribution in [3.05, 3.63) is 70.8 Å². The quantitative estimate of drug-likeness (QED) is 0.682. The predicted octanol–water partition coefficient (Wildman–Crippen LogP) is 4.33. The van der Waals surface area contributed by atoms with E-state index in [4.69, 9.17) is 9.47 Å². The van der Waals surface area contributed by atoms with Gasteiger partial charge in [0.25, 0.3) is 0 Å². The maximum atomic E-state index is 13.3. The number of nitrogens with zero attached hydrogens (tertiary/aromatic N) is 1. The lowest BCUT2D eigenvalue weighted by molar-refractivity contribution is -0.00574. The Balaban J connectivity index is 0.000000182. The van der Waals surface area contributed by atoms with Gasteiger partial charge in [-0.25, -0.2) is 17.6 Å². The van der Waals surface area contributed by atoms with E-state index in [9.17, 15) is 17.6 Å². The van der Waals surface area contributed by atoms with Crippen molar-refractivity contribution in [1.29, 1.82) is 0 Å². The monoisotopic (exact) mass is 454 g/mol. The summed E-state index contributed by atoms with van der Waals surface area (Å²) in [4.78, 5) is 2.24. The minimum absolute atomic E-state index is 0.495. The summed E-state index contributed by atoms with van der Waals surface area (Å²) in [5, 5.41) is 3.16. The van der Waals surface area contributed by atoms with Gasteiger partial charge in [0.05, 0.1) is 0 Å². The molecule has 0 bridgehead atoms. The molecule has 2 aliphatic rings. The van der Waals surface area contributed by atoms with E-state index in [1.54, 1.807) is 26.4 Å². The molecule has 32 heavy (non-hydrogen) atoms. The Kier molecular flexibility index (Phi) is 7.92. The summed E-state index contributed by atoms with van der Waals surface area (Å²) in [7, 11) is 3.22. The molecule has 8 heteroatoms. The van der Waals surface area contributed by atoms with Crippen LogP contribution < -0.4 is 5.32 Å². The second-order valence-electron chi connectivity index (χ2n) is 8.20. The van der Waals surface area contributed by atoms with Crippen LogP contribution in [-0.4, -0.2) is 51.8 Å². The number of ether oxygens (including phenoxy) is 2. The van der Waals surface area contributed by atoms with E-state index in [0.29, 0.717) is 12.1 Å². The first-order valence-electron chi connectivity index (χ1n) is 10.7. The summed E-state index contributed by atoms with van der Waals surface area (Å²) in [5.74, 6) is -3.27. The highest BCUT2D eigenvalue weighted by Crippen LogP contribution is 2.36. The molecule has 4 nitrogen and oxygen atoms in total. The van der Waals surface area contributed by atoms with E-state index >= 15 is 0 Å². The fraction of sp³-hybridized carbons (Fsp3) is 0.500. The largest absolute Gasteiger partial charge is 0.372 e. The standard InChI is InChI=1S/C13H17F2NO.C11H13F2NO/c1-3-16-7-6-13(9-16,17-2)10-4-5-11(14)12(15)8-10;1-15-11(4-5-14-7-11)8-2-3-9(12)10(13)6-8/h4-5,8H,3,6-7,9H2,1-2H3;2-3,6,14H,4-5,7H2,1H3. The van der Waals surface area contributed by atoms with Crippen LogP contribution in [0, 0.1) is 23.3 Å². The molecule has 2 fully saturated rings. The van der Waals surface area contributed by atoms with Crippen LogP contribution in [-0.2, 0) is 20.7 Å². The van der Waals surface area contributed by atoms with Gasteiger partial charge in [0, 0.05) is 33.9 Å². The van der Waals surface area contributed by atoms with Crippen LogP contribution in [0.1, 0.15) is 30.9 Å². The molecule has 0 aliphatic carbocycles. The first-order chi connectivity index (χ1) is 15.3. The van der Waals surface area contributed by atoms with Crippen LogP contribution >= 0.6 is 0 Å². The van der Waals surface area contributed by atoms with Gasteiger partial charge in [-0.3, -0.25) is 0 Å². The third-order valence-corrected chi connectivity index (χ3v) is 6.55. The van der Waals surface area contributed by atoms with Crippen molar-refractivity contribution in [2.24, 2.45) is 0 Å². The van der Waals surface area contributed by atoms with Crippen molar-refractivity contribution in [2.45, 2.75) is 31.0 Å². The molecular formula is C24H30F4N2O2. The summed E-state index contributed by atoms with van der Waals surface area (Å²) in [6.45, 7) is 6.13. The molecule has 4 rings (SSSR count).